The van der Waals surface area contributed by atoms with Crippen LogP contribution in [0.4, 0.5) is 5.69 Å². The minimum Gasteiger partial charge on any atom is -0.496 e. The number of nitrogens with zero attached hydrogens (tertiary/aromatic N) is 1. The Morgan fingerprint density at radius 1 is 1.00 bits per heavy atom. The van der Waals surface area contributed by atoms with Crippen LogP contribution in [0.25, 0.3) is 11.0 Å². The van der Waals surface area contributed by atoms with Crippen LogP contribution >= 0.6 is 0 Å². The third-order valence-corrected chi connectivity index (χ3v) is 6.26. The zero-order chi connectivity index (χ0) is 23.2. The molecular weight excluding hydrogens is 402 g/mol. The monoisotopic (exact) mass is 435 g/mol. The molecule has 6 heteroatoms. The summed E-state index contributed by atoms with van der Waals surface area (Å²) < 4.78 is 12.0. The molecule has 0 saturated carbocycles. The Kier molecular flexibility index (Phi) is 5.89. The number of carbonyl (C=O) groups is 1. The van der Waals surface area contributed by atoms with E-state index in [0.717, 1.165) is 57.2 Å². The van der Waals surface area contributed by atoms with E-state index in [9.17, 15) is 4.79 Å². The highest BCUT2D eigenvalue weighted by Crippen LogP contribution is 2.40. The molecule has 2 heterocycles. The summed E-state index contributed by atoms with van der Waals surface area (Å²) in [5, 5.41) is 3.05. The normalized spacial score (nSPS) is 13.6. The summed E-state index contributed by atoms with van der Waals surface area (Å²) >= 11 is 0. The first kappa shape index (κ1) is 22.2. The molecule has 6 nitrogen and oxygen atoms in total. The van der Waals surface area contributed by atoms with Crippen molar-refractivity contribution in [1.82, 2.24) is 9.97 Å². The second kappa shape index (κ2) is 8.49. The zero-order valence-electron chi connectivity index (χ0n) is 20.1. The molecule has 2 aromatic carbocycles. The van der Waals surface area contributed by atoms with E-state index in [1.807, 2.05) is 13.0 Å². The standard InChI is InChI=1S/C26H33N3O3/c1-13(2)22-17-8-9-21(30)29-24(17)15(5)11-19(22)32-12-20-27-25-16(6)10-18(31-7)23(14(3)4)26(25)28-20/h10-11,13-14H,8-9,12H2,1-7H3,(H,27,28)(H,29,30). The molecule has 0 radical (unpaired) electrons. The fourth-order valence-electron chi connectivity index (χ4n) is 4.80. The number of H-pyrrole nitrogens is 1. The average molecular weight is 436 g/mol. The minimum atomic E-state index is 0.0815. The van der Waals surface area contributed by atoms with Gasteiger partial charge in [-0.15, -0.1) is 0 Å². The van der Waals surface area contributed by atoms with Crippen LogP contribution in [0.1, 0.15) is 79.6 Å². The molecule has 1 aromatic heterocycles. The van der Waals surface area contributed by atoms with Crippen LogP contribution in [0.3, 0.4) is 0 Å². The molecule has 0 spiro atoms. The minimum absolute atomic E-state index is 0.0815. The van der Waals surface area contributed by atoms with Gasteiger partial charge in [0.1, 0.15) is 23.9 Å². The molecule has 0 saturated heterocycles. The van der Waals surface area contributed by atoms with Gasteiger partial charge in [0, 0.05) is 23.2 Å². The van der Waals surface area contributed by atoms with Gasteiger partial charge >= 0.3 is 0 Å². The lowest BCUT2D eigenvalue weighted by atomic mass is 9.88. The number of fused-ring (bicyclic) bond motifs is 2. The predicted octanol–water partition coefficient (Wildman–Crippen LogP) is 5.90. The van der Waals surface area contributed by atoms with E-state index in [0.29, 0.717) is 13.0 Å². The van der Waals surface area contributed by atoms with Crippen molar-refractivity contribution in [2.75, 3.05) is 12.4 Å². The fourth-order valence-corrected chi connectivity index (χ4v) is 4.80. The van der Waals surface area contributed by atoms with Crippen LogP contribution in [0.15, 0.2) is 12.1 Å². The van der Waals surface area contributed by atoms with E-state index in [1.165, 1.54) is 11.1 Å². The van der Waals surface area contributed by atoms with Crippen molar-refractivity contribution in [3.05, 3.63) is 45.8 Å². The molecule has 170 valence electrons. The molecule has 0 fully saturated rings. The van der Waals surface area contributed by atoms with Gasteiger partial charge in [0.05, 0.1) is 18.1 Å². The van der Waals surface area contributed by atoms with E-state index < -0.39 is 0 Å². The summed E-state index contributed by atoms with van der Waals surface area (Å²) in [6.45, 7) is 13.1. The maximum Gasteiger partial charge on any atom is 0.224 e. The summed E-state index contributed by atoms with van der Waals surface area (Å²) in [4.78, 5) is 20.3. The quantitative estimate of drug-likeness (QED) is 0.505. The highest BCUT2D eigenvalue weighted by atomic mass is 16.5. The number of anilines is 1. The first-order chi connectivity index (χ1) is 15.2. The summed E-state index contributed by atoms with van der Waals surface area (Å²) in [6.07, 6.45) is 1.26. The maximum atomic E-state index is 11.9. The molecule has 1 aliphatic rings. The topological polar surface area (TPSA) is 76.2 Å². The Balaban J connectivity index is 1.71. The Labute approximate surface area is 189 Å². The second-order valence-electron chi connectivity index (χ2n) is 9.32. The lowest BCUT2D eigenvalue weighted by molar-refractivity contribution is -0.116. The molecule has 0 aliphatic carbocycles. The maximum absolute atomic E-state index is 11.9. The SMILES string of the molecule is COc1cc(C)c2[nH]c(COc3cc(C)c4c(c3C(C)C)CCC(=O)N4)nc2c1C(C)C. The van der Waals surface area contributed by atoms with Crippen molar-refractivity contribution >= 4 is 22.6 Å². The van der Waals surface area contributed by atoms with Gasteiger partial charge in [-0.3, -0.25) is 4.79 Å². The molecule has 4 rings (SSSR count). The molecule has 32 heavy (non-hydrogen) atoms. The van der Waals surface area contributed by atoms with Crippen LogP contribution < -0.4 is 14.8 Å². The number of hydrogen-bond acceptors (Lipinski definition) is 4. The number of methoxy groups -OCH3 is 1. The number of aromatic amines is 1. The van der Waals surface area contributed by atoms with E-state index in [1.54, 1.807) is 7.11 Å². The third-order valence-electron chi connectivity index (χ3n) is 6.26. The van der Waals surface area contributed by atoms with Crippen LogP contribution in [-0.2, 0) is 17.8 Å². The number of nitrogens with one attached hydrogen (secondary N) is 2. The van der Waals surface area contributed by atoms with Crippen molar-refractivity contribution in [1.29, 1.82) is 0 Å². The third kappa shape index (κ3) is 3.83. The molecule has 1 amide bonds. The number of hydrogen-bond donors (Lipinski definition) is 2. The van der Waals surface area contributed by atoms with Gasteiger partial charge in [0.25, 0.3) is 0 Å². The number of amides is 1. The molecule has 2 N–H and O–H groups in total. The molecule has 0 unspecified atom stereocenters. The first-order valence-corrected chi connectivity index (χ1v) is 11.4. The van der Waals surface area contributed by atoms with Crippen molar-refractivity contribution in [2.45, 2.75) is 72.8 Å². The van der Waals surface area contributed by atoms with Crippen molar-refractivity contribution in [3.63, 3.8) is 0 Å². The van der Waals surface area contributed by atoms with E-state index in [2.05, 4.69) is 51.0 Å². The van der Waals surface area contributed by atoms with Gasteiger partial charge in [-0.1, -0.05) is 27.7 Å². The largest absolute Gasteiger partial charge is 0.496 e. The highest BCUT2D eigenvalue weighted by molar-refractivity contribution is 5.95. The summed E-state index contributed by atoms with van der Waals surface area (Å²) in [6, 6.07) is 4.11. The molecule has 0 bridgehead atoms. The number of carbonyl (C=O) groups excluding carboxylic acids is 1. The van der Waals surface area contributed by atoms with Crippen molar-refractivity contribution in [2.24, 2.45) is 0 Å². The zero-order valence-corrected chi connectivity index (χ0v) is 20.1. The number of aryl methyl sites for hydroxylation is 2. The fraction of sp³-hybridized carbons (Fsp3) is 0.462. The van der Waals surface area contributed by atoms with Gasteiger partial charge in [0.15, 0.2) is 0 Å². The van der Waals surface area contributed by atoms with Crippen LogP contribution in [-0.4, -0.2) is 23.0 Å². The number of benzene rings is 2. The smallest absolute Gasteiger partial charge is 0.224 e. The first-order valence-electron chi connectivity index (χ1n) is 11.4. The molecular formula is C26H33N3O3. The number of imidazole rings is 1. The van der Waals surface area contributed by atoms with E-state index in [-0.39, 0.29) is 17.7 Å². The summed E-state index contributed by atoms with van der Waals surface area (Å²) in [5.41, 5.74) is 8.53. The molecule has 0 atom stereocenters. The highest BCUT2D eigenvalue weighted by Gasteiger charge is 2.25. The van der Waals surface area contributed by atoms with Gasteiger partial charge in [0.2, 0.25) is 5.91 Å². The average Bonchev–Trinajstić information content (AvgIpc) is 3.16. The Morgan fingerprint density at radius 2 is 1.69 bits per heavy atom. The van der Waals surface area contributed by atoms with Gasteiger partial charge < -0.3 is 19.8 Å². The Bertz CT molecular complexity index is 1190. The van der Waals surface area contributed by atoms with Gasteiger partial charge in [-0.25, -0.2) is 4.98 Å². The number of rotatable bonds is 6. The van der Waals surface area contributed by atoms with Crippen LogP contribution in [0, 0.1) is 13.8 Å². The lowest BCUT2D eigenvalue weighted by Crippen LogP contribution is -2.22. The van der Waals surface area contributed by atoms with Crippen molar-refractivity contribution in [3.8, 4) is 11.5 Å². The lowest BCUT2D eigenvalue weighted by Gasteiger charge is -2.26. The van der Waals surface area contributed by atoms with Crippen LogP contribution in [0.2, 0.25) is 0 Å². The number of aromatic nitrogens is 2. The molecule has 1 aliphatic heterocycles. The second-order valence-corrected chi connectivity index (χ2v) is 9.32. The predicted molar refractivity (Wildman–Crippen MR) is 128 cm³/mol. The van der Waals surface area contributed by atoms with E-state index >= 15 is 0 Å². The Hall–Kier alpha value is -3.02. The summed E-state index contributed by atoms with van der Waals surface area (Å²) in [7, 11) is 1.71. The summed E-state index contributed by atoms with van der Waals surface area (Å²) in [5.74, 6) is 3.18. The van der Waals surface area contributed by atoms with E-state index in [4.69, 9.17) is 14.5 Å². The Morgan fingerprint density at radius 3 is 2.34 bits per heavy atom. The molecule has 3 aromatic rings. The number of ether oxygens (including phenoxy) is 2. The van der Waals surface area contributed by atoms with Gasteiger partial charge in [-0.2, -0.15) is 0 Å². The van der Waals surface area contributed by atoms with Crippen molar-refractivity contribution < 1.29 is 14.3 Å². The van der Waals surface area contributed by atoms with Gasteiger partial charge in [-0.05, 0) is 60.9 Å². The van der Waals surface area contributed by atoms with Crippen LogP contribution in [0.5, 0.6) is 11.5 Å².